The molecule has 0 spiro atoms. The first-order valence-corrected chi connectivity index (χ1v) is 5.39. The number of aromatic nitrogens is 4. The minimum absolute atomic E-state index is 0.0447. The molecular weight excluding hydrogens is 232 g/mol. The molecule has 0 amide bonds. The van der Waals surface area contributed by atoms with Crippen LogP contribution in [-0.2, 0) is 0 Å². The Bertz CT molecular complexity index is 741. The summed E-state index contributed by atoms with van der Waals surface area (Å²) in [7, 11) is 0. The molecule has 0 aliphatic rings. The molecule has 3 N–H and O–H groups in total. The molecule has 0 saturated heterocycles. The highest BCUT2D eigenvalue weighted by Crippen LogP contribution is 2.25. The maximum atomic E-state index is 11.0. The van der Waals surface area contributed by atoms with Crippen molar-refractivity contribution < 1.29 is 9.90 Å². The number of aromatic amines is 2. The topological polar surface area (TPSA) is 94.7 Å². The van der Waals surface area contributed by atoms with Crippen LogP contribution in [0.2, 0.25) is 0 Å². The summed E-state index contributed by atoms with van der Waals surface area (Å²) in [4.78, 5) is 25.2. The Labute approximate surface area is 102 Å². The Hall–Kier alpha value is -2.63. The van der Waals surface area contributed by atoms with Gasteiger partial charge in [0.05, 0.1) is 0 Å². The molecule has 0 aliphatic carbocycles. The molecule has 0 bridgehead atoms. The molecule has 6 nitrogen and oxygen atoms in total. The summed E-state index contributed by atoms with van der Waals surface area (Å²) in [6, 6.07) is 3.74. The van der Waals surface area contributed by atoms with Gasteiger partial charge in [-0.25, -0.2) is 14.8 Å². The van der Waals surface area contributed by atoms with Crippen molar-refractivity contribution in [1.82, 2.24) is 19.9 Å². The summed E-state index contributed by atoms with van der Waals surface area (Å²) in [6.07, 6.45) is 3.46. The number of pyridine rings is 1. The Morgan fingerprint density at radius 3 is 3.00 bits per heavy atom. The Balaban J connectivity index is 2.20. The molecule has 0 atom stereocenters. The monoisotopic (exact) mass is 242 g/mol. The van der Waals surface area contributed by atoms with Crippen LogP contribution in [0.3, 0.4) is 0 Å². The number of carboxylic acids is 1. The predicted octanol–water partition coefficient (Wildman–Crippen LogP) is 1.96. The van der Waals surface area contributed by atoms with Gasteiger partial charge in [0.2, 0.25) is 0 Å². The van der Waals surface area contributed by atoms with Gasteiger partial charge in [-0.05, 0) is 19.1 Å². The van der Waals surface area contributed by atoms with Crippen LogP contribution in [0.5, 0.6) is 0 Å². The summed E-state index contributed by atoms with van der Waals surface area (Å²) < 4.78 is 0. The van der Waals surface area contributed by atoms with E-state index in [1.807, 2.05) is 12.1 Å². The zero-order valence-electron chi connectivity index (χ0n) is 9.56. The fourth-order valence-corrected chi connectivity index (χ4v) is 1.95. The zero-order chi connectivity index (χ0) is 12.7. The van der Waals surface area contributed by atoms with Crippen LogP contribution in [0.25, 0.3) is 22.4 Å². The van der Waals surface area contributed by atoms with E-state index in [1.165, 1.54) is 0 Å². The summed E-state index contributed by atoms with van der Waals surface area (Å²) in [5, 5.41) is 9.89. The number of hydrogen-bond donors (Lipinski definition) is 3. The van der Waals surface area contributed by atoms with Crippen LogP contribution in [0, 0.1) is 6.92 Å². The van der Waals surface area contributed by atoms with E-state index in [4.69, 9.17) is 5.11 Å². The van der Waals surface area contributed by atoms with Crippen LogP contribution in [0.15, 0.2) is 24.5 Å². The lowest BCUT2D eigenvalue weighted by Crippen LogP contribution is -1.98. The third-order valence-corrected chi connectivity index (χ3v) is 2.79. The molecule has 90 valence electrons. The summed E-state index contributed by atoms with van der Waals surface area (Å²) >= 11 is 0. The molecule has 6 heteroatoms. The fraction of sp³-hybridized carbons (Fsp3) is 0.0833. The molecule has 3 rings (SSSR count). The molecule has 0 saturated carbocycles. The first-order valence-electron chi connectivity index (χ1n) is 5.39. The van der Waals surface area contributed by atoms with Crippen LogP contribution >= 0.6 is 0 Å². The second kappa shape index (κ2) is 3.69. The van der Waals surface area contributed by atoms with E-state index in [1.54, 1.807) is 19.3 Å². The van der Waals surface area contributed by atoms with Crippen molar-refractivity contribution in [3.63, 3.8) is 0 Å². The van der Waals surface area contributed by atoms with Crippen molar-refractivity contribution in [3.8, 4) is 11.4 Å². The van der Waals surface area contributed by atoms with Gasteiger partial charge in [0.15, 0.2) is 5.69 Å². The Morgan fingerprint density at radius 1 is 1.44 bits per heavy atom. The average molecular weight is 242 g/mol. The van der Waals surface area contributed by atoms with Gasteiger partial charge in [0, 0.05) is 29.0 Å². The van der Waals surface area contributed by atoms with Gasteiger partial charge in [0.1, 0.15) is 11.5 Å². The average Bonchev–Trinajstić information content (AvgIpc) is 2.92. The van der Waals surface area contributed by atoms with E-state index < -0.39 is 5.97 Å². The third-order valence-electron chi connectivity index (χ3n) is 2.79. The number of hydrogen-bond acceptors (Lipinski definition) is 3. The molecule has 18 heavy (non-hydrogen) atoms. The number of imidazole rings is 1. The lowest BCUT2D eigenvalue weighted by molar-refractivity contribution is 0.0690. The van der Waals surface area contributed by atoms with Crippen molar-refractivity contribution in [2.75, 3.05) is 0 Å². The van der Waals surface area contributed by atoms with Gasteiger partial charge >= 0.3 is 5.97 Å². The van der Waals surface area contributed by atoms with Crippen LogP contribution in [0.1, 0.15) is 16.2 Å². The number of nitrogens with zero attached hydrogens (tertiary/aromatic N) is 2. The van der Waals surface area contributed by atoms with Gasteiger partial charge in [-0.2, -0.15) is 0 Å². The van der Waals surface area contributed by atoms with Crippen molar-refractivity contribution in [1.29, 1.82) is 0 Å². The molecule has 0 radical (unpaired) electrons. The van der Waals surface area contributed by atoms with Gasteiger partial charge in [-0.3, -0.25) is 0 Å². The number of aryl methyl sites for hydroxylation is 1. The lowest BCUT2D eigenvalue weighted by Gasteiger charge is -1.92. The first-order chi connectivity index (χ1) is 8.66. The van der Waals surface area contributed by atoms with Crippen molar-refractivity contribution in [3.05, 3.63) is 35.9 Å². The van der Waals surface area contributed by atoms with Crippen molar-refractivity contribution in [2.24, 2.45) is 0 Å². The Kier molecular flexibility index (Phi) is 2.16. The second-order valence-corrected chi connectivity index (χ2v) is 3.97. The summed E-state index contributed by atoms with van der Waals surface area (Å²) in [5.41, 5.74) is 2.14. The lowest BCUT2D eigenvalue weighted by atomic mass is 10.2. The van der Waals surface area contributed by atoms with Crippen LogP contribution in [-0.4, -0.2) is 31.0 Å². The number of carboxylic acid groups (broad SMARTS) is 1. The quantitative estimate of drug-likeness (QED) is 0.640. The molecule has 3 aromatic heterocycles. The number of fused-ring (bicyclic) bond motifs is 1. The zero-order valence-corrected chi connectivity index (χ0v) is 9.56. The van der Waals surface area contributed by atoms with Crippen molar-refractivity contribution in [2.45, 2.75) is 6.92 Å². The van der Waals surface area contributed by atoms with E-state index >= 15 is 0 Å². The molecule has 0 fully saturated rings. The van der Waals surface area contributed by atoms with Crippen LogP contribution < -0.4 is 0 Å². The van der Waals surface area contributed by atoms with E-state index in [-0.39, 0.29) is 5.69 Å². The summed E-state index contributed by atoms with van der Waals surface area (Å²) in [5.74, 6) is -0.503. The maximum absolute atomic E-state index is 11.0. The normalized spacial score (nSPS) is 10.9. The second-order valence-electron chi connectivity index (χ2n) is 3.97. The number of rotatable bonds is 2. The molecule has 0 unspecified atom stereocenters. The molecule has 0 aliphatic heterocycles. The molecule has 3 aromatic rings. The molecular formula is C12H10N4O2. The molecule has 0 aromatic carbocycles. The Morgan fingerprint density at radius 2 is 2.28 bits per heavy atom. The largest absolute Gasteiger partial charge is 0.476 e. The van der Waals surface area contributed by atoms with Crippen molar-refractivity contribution >= 4 is 17.0 Å². The van der Waals surface area contributed by atoms with E-state index in [0.717, 1.165) is 16.6 Å². The molecule has 3 heterocycles. The number of H-pyrrole nitrogens is 2. The fourth-order valence-electron chi connectivity index (χ4n) is 1.95. The smallest absolute Gasteiger partial charge is 0.356 e. The van der Waals surface area contributed by atoms with E-state index in [2.05, 4.69) is 19.9 Å². The third kappa shape index (κ3) is 1.46. The maximum Gasteiger partial charge on any atom is 0.356 e. The standard InChI is InChI=1S/C12H10N4O2/c1-6-9(12(17)18)16-11(15-6)8-5-14-10-7(8)3-2-4-13-10/h2-5H,1H3,(H,13,14)(H,15,16)(H,17,18). The van der Waals surface area contributed by atoms with Crippen LogP contribution in [0.4, 0.5) is 0 Å². The van der Waals surface area contributed by atoms with Gasteiger partial charge in [0.25, 0.3) is 0 Å². The highest BCUT2D eigenvalue weighted by atomic mass is 16.4. The number of aromatic carboxylic acids is 1. The predicted molar refractivity (Wildman–Crippen MR) is 65.4 cm³/mol. The minimum atomic E-state index is -1.03. The van der Waals surface area contributed by atoms with Gasteiger partial charge < -0.3 is 15.1 Å². The highest BCUT2D eigenvalue weighted by Gasteiger charge is 2.16. The van der Waals surface area contributed by atoms with Gasteiger partial charge in [-0.1, -0.05) is 0 Å². The minimum Gasteiger partial charge on any atom is -0.476 e. The summed E-state index contributed by atoms with van der Waals surface area (Å²) in [6.45, 7) is 1.69. The highest BCUT2D eigenvalue weighted by molar-refractivity contribution is 5.93. The SMILES string of the molecule is Cc1[nH]c(-c2c[nH]c3ncccc23)nc1C(=O)O. The number of nitrogens with one attached hydrogen (secondary N) is 2. The number of carbonyl (C=O) groups is 1. The van der Waals surface area contributed by atoms with E-state index in [9.17, 15) is 4.79 Å². The first kappa shape index (κ1) is 10.5. The van der Waals surface area contributed by atoms with Gasteiger partial charge in [-0.15, -0.1) is 0 Å². The van der Waals surface area contributed by atoms with E-state index in [0.29, 0.717) is 11.5 Å².